The van der Waals surface area contributed by atoms with Crippen LogP contribution in [0.2, 0.25) is 0 Å². The third kappa shape index (κ3) is 6.92. The van der Waals surface area contributed by atoms with Crippen LogP contribution in [-0.4, -0.2) is 50.9 Å². The lowest BCUT2D eigenvalue weighted by atomic mass is 9.89. The molecule has 0 aromatic heterocycles. The van der Waals surface area contributed by atoms with Gasteiger partial charge >= 0.3 is 11.9 Å². The van der Waals surface area contributed by atoms with Crippen LogP contribution in [0.15, 0.2) is 23.3 Å². The van der Waals surface area contributed by atoms with E-state index in [9.17, 15) is 14.4 Å². The molecule has 0 aromatic rings. The quantitative estimate of drug-likeness (QED) is 0.537. The summed E-state index contributed by atoms with van der Waals surface area (Å²) in [6.45, 7) is 1.38. The van der Waals surface area contributed by atoms with E-state index in [1.54, 1.807) is 6.08 Å². The van der Waals surface area contributed by atoms with Crippen molar-refractivity contribution in [3.8, 4) is 0 Å². The minimum atomic E-state index is -0.354. The average molecular weight is 380 g/mol. The van der Waals surface area contributed by atoms with Gasteiger partial charge in [-0.25, -0.2) is 9.59 Å². The first-order chi connectivity index (χ1) is 13.0. The Morgan fingerprint density at radius 3 is 1.70 bits per heavy atom. The van der Waals surface area contributed by atoms with Crippen molar-refractivity contribution in [2.45, 2.75) is 57.2 Å². The van der Waals surface area contributed by atoms with Crippen molar-refractivity contribution >= 4 is 17.7 Å². The highest BCUT2D eigenvalue weighted by Gasteiger charge is 2.38. The fraction of sp³-hybridized carbons (Fsp3) is 0.650. The normalized spacial score (nSPS) is 21.2. The Morgan fingerprint density at radius 2 is 1.26 bits per heavy atom. The van der Waals surface area contributed by atoms with Crippen LogP contribution in [0.1, 0.15) is 51.4 Å². The van der Waals surface area contributed by atoms with E-state index in [4.69, 9.17) is 9.47 Å². The average Bonchev–Trinajstić information content (AvgIpc) is 3.14. The number of carbonyl (C=O) groups is 3. The second-order valence-electron chi connectivity index (χ2n) is 6.80. The number of carbonyl (C=O) groups excluding carboxylic acids is 3. The van der Waals surface area contributed by atoms with Crippen molar-refractivity contribution in [1.29, 1.82) is 0 Å². The molecule has 0 atom stereocenters. The summed E-state index contributed by atoms with van der Waals surface area (Å²) < 4.78 is 20.3. The molecule has 27 heavy (non-hydrogen) atoms. The van der Waals surface area contributed by atoms with Crippen LogP contribution in [0.4, 0.5) is 0 Å². The van der Waals surface area contributed by atoms with Gasteiger partial charge in [0.15, 0.2) is 5.79 Å². The number of allylic oxidation sites excluding steroid dienone is 2. The predicted molar refractivity (Wildman–Crippen MR) is 96.8 cm³/mol. The molecule has 3 aliphatic rings. The highest BCUT2D eigenvalue weighted by molar-refractivity contribution is 5.85. The van der Waals surface area contributed by atoms with Crippen molar-refractivity contribution in [3.05, 3.63) is 23.3 Å². The number of ether oxygens (including phenoxy) is 4. The van der Waals surface area contributed by atoms with E-state index in [0.717, 1.165) is 36.8 Å². The van der Waals surface area contributed by atoms with E-state index >= 15 is 0 Å². The van der Waals surface area contributed by atoms with Gasteiger partial charge in [0.2, 0.25) is 0 Å². The van der Waals surface area contributed by atoms with E-state index < -0.39 is 0 Å². The largest absolute Gasteiger partial charge is 0.466 e. The molecule has 2 aliphatic carbocycles. The summed E-state index contributed by atoms with van der Waals surface area (Å²) in [5.41, 5.74) is 2.16. The molecule has 7 heteroatoms. The summed E-state index contributed by atoms with van der Waals surface area (Å²) >= 11 is 0. The zero-order chi connectivity index (χ0) is 19.7. The molecular formula is C20H28O7. The third-order valence-electron chi connectivity index (χ3n) is 4.96. The van der Waals surface area contributed by atoms with Crippen LogP contribution in [0.25, 0.3) is 0 Å². The highest BCUT2D eigenvalue weighted by Crippen LogP contribution is 2.37. The molecule has 0 amide bonds. The molecule has 0 bridgehead atoms. The summed E-state index contributed by atoms with van der Waals surface area (Å²) in [6, 6.07) is 0. The van der Waals surface area contributed by atoms with E-state index in [1.807, 2.05) is 0 Å². The van der Waals surface area contributed by atoms with E-state index in [2.05, 4.69) is 9.47 Å². The summed E-state index contributed by atoms with van der Waals surface area (Å²) in [5.74, 6) is -0.654. The molecule has 1 spiro atoms. The van der Waals surface area contributed by atoms with Gasteiger partial charge in [0, 0.05) is 37.8 Å². The summed E-state index contributed by atoms with van der Waals surface area (Å²) in [4.78, 5) is 32.6. The Hall–Kier alpha value is -1.99. The maximum atomic E-state index is 11.0. The molecule has 150 valence electrons. The summed E-state index contributed by atoms with van der Waals surface area (Å²) in [5, 5.41) is 0. The Bertz CT molecular complexity index is 588. The molecule has 2 saturated carbocycles. The van der Waals surface area contributed by atoms with Crippen LogP contribution in [0.5, 0.6) is 0 Å². The topological polar surface area (TPSA) is 88.1 Å². The van der Waals surface area contributed by atoms with Gasteiger partial charge in [0.05, 0.1) is 27.4 Å². The van der Waals surface area contributed by atoms with Crippen molar-refractivity contribution in [1.82, 2.24) is 0 Å². The highest BCUT2D eigenvalue weighted by atomic mass is 16.7. The fourth-order valence-electron chi connectivity index (χ4n) is 3.33. The van der Waals surface area contributed by atoms with Gasteiger partial charge < -0.3 is 18.9 Å². The predicted octanol–water partition coefficient (Wildman–Crippen LogP) is 2.63. The Balaban J connectivity index is 0.000000199. The van der Waals surface area contributed by atoms with Crippen molar-refractivity contribution in [3.63, 3.8) is 0 Å². The van der Waals surface area contributed by atoms with Crippen molar-refractivity contribution in [2.75, 3.05) is 27.4 Å². The summed E-state index contributed by atoms with van der Waals surface area (Å²) in [7, 11) is 2.75. The van der Waals surface area contributed by atoms with Crippen molar-refractivity contribution in [2.24, 2.45) is 0 Å². The van der Waals surface area contributed by atoms with Gasteiger partial charge in [-0.05, 0) is 25.7 Å². The van der Waals surface area contributed by atoms with E-state index in [-0.39, 0.29) is 23.5 Å². The maximum absolute atomic E-state index is 11.0. The molecule has 1 saturated heterocycles. The zero-order valence-electron chi connectivity index (χ0n) is 16.1. The Kier molecular flexibility index (Phi) is 8.19. The van der Waals surface area contributed by atoms with Gasteiger partial charge in [-0.2, -0.15) is 0 Å². The van der Waals surface area contributed by atoms with E-state index in [0.29, 0.717) is 38.9 Å². The molecule has 3 rings (SSSR count). The number of hydrogen-bond acceptors (Lipinski definition) is 7. The van der Waals surface area contributed by atoms with Crippen LogP contribution in [0.3, 0.4) is 0 Å². The third-order valence-corrected chi connectivity index (χ3v) is 4.96. The zero-order valence-corrected chi connectivity index (χ0v) is 16.1. The number of hydrogen-bond donors (Lipinski definition) is 0. The van der Waals surface area contributed by atoms with Gasteiger partial charge in [0.1, 0.15) is 5.78 Å². The lowest BCUT2D eigenvalue weighted by Gasteiger charge is -2.32. The lowest BCUT2D eigenvalue weighted by molar-refractivity contribution is -0.171. The second kappa shape index (κ2) is 10.4. The molecule has 1 heterocycles. The first kappa shape index (κ1) is 21.3. The molecule has 0 unspecified atom stereocenters. The van der Waals surface area contributed by atoms with Gasteiger partial charge in [-0.15, -0.1) is 0 Å². The fourth-order valence-corrected chi connectivity index (χ4v) is 3.33. The number of esters is 2. The number of methoxy groups -OCH3 is 2. The molecule has 3 fully saturated rings. The first-order valence-electron chi connectivity index (χ1n) is 9.31. The number of ketones is 1. The number of Topliss-reactive ketones (excluding diaryl/α,β-unsaturated/α-hetero) is 1. The molecule has 0 radical (unpaired) electrons. The SMILES string of the molecule is COC(=O)C=C1CCC(=O)CC1.COC(=O)C=C1CCC2(CC1)OCCO2. The molecular weight excluding hydrogens is 352 g/mol. The van der Waals surface area contributed by atoms with Crippen LogP contribution in [-0.2, 0) is 33.3 Å². The van der Waals surface area contributed by atoms with Gasteiger partial charge in [-0.1, -0.05) is 11.1 Å². The van der Waals surface area contributed by atoms with Crippen molar-refractivity contribution < 1.29 is 33.3 Å². The molecule has 0 N–H and O–H groups in total. The Morgan fingerprint density at radius 1 is 0.815 bits per heavy atom. The molecule has 1 aliphatic heterocycles. The lowest BCUT2D eigenvalue weighted by Crippen LogP contribution is -2.33. The van der Waals surface area contributed by atoms with Gasteiger partial charge in [0.25, 0.3) is 0 Å². The minimum absolute atomic E-state index is 0.269. The van der Waals surface area contributed by atoms with Crippen LogP contribution >= 0.6 is 0 Å². The standard InChI is InChI=1S/C11H16O4.C9H12O3/c1-13-10(12)8-9-2-4-11(5-3-9)14-6-7-15-11;1-12-9(11)6-7-2-4-8(10)5-3-7/h8H,2-7H2,1H3;6H,2-5H2,1H3. The van der Waals surface area contributed by atoms with Gasteiger partial charge in [-0.3, -0.25) is 4.79 Å². The minimum Gasteiger partial charge on any atom is -0.466 e. The monoisotopic (exact) mass is 380 g/mol. The molecule has 7 nitrogen and oxygen atoms in total. The van der Waals surface area contributed by atoms with E-state index in [1.165, 1.54) is 20.3 Å². The van der Waals surface area contributed by atoms with Crippen LogP contribution in [0, 0.1) is 0 Å². The summed E-state index contributed by atoms with van der Waals surface area (Å²) in [6.07, 6.45) is 9.05. The smallest absolute Gasteiger partial charge is 0.330 e. The Labute approximate surface area is 159 Å². The van der Waals surface area contributed by atoms with Crippen LogP contribution < -0.4 is 0 Å². The second-order valence-corrected chi connectivity index (χ2v) is 6.80. The first-order valence-corrected chi connectivity index (χ1v) is 9.31. The molecule has 0 aromatic carbocycles. The number of rotatable bonds is 2. The maximum Gasteiger partial charge on any atom is 0.330 e.